The van der Waals surface area contributed by atoms with E-state index in [0.29, 0.717) is 6.54 Å². The molecule has 2 fully saturated rings. The maximum atomic E-state index is 12.8. The molecule has 0 spiro atoms. The van der Waals surface area contributed by atoms with E-state index in [4.69, 9.17) is 15.2 Å². The molecule has 2 aliphatic rings. The molecule has 8 heteroatoms. The van der Waals surface area contributed by atoms with Crippen LogP contribution in [0, 0.1) is 0 Å². The number of likely N-dealkylation sites (tertiary alicyclic amines) is 1. The van der Waals surface area contributed by atoms with Crippen LogP contribution in [-0.4, -0.2) is 45.3 Å². The van der Waals surface area contributed by atoms with Crippen molar-refractivity contribution in [2.24, 2.45) is 5.73 Å². The van der Waals surface area contributed by atoms with Crippen LogP contribution in [-0.2, 0) is 22.6 Å². The fraction of sp³-hybridized carbons (Fsp3) is 0.324. The number of benzene rings is 4. The van der Waals surface area contributed by atoms with E-state index in [2.05, 4.69) is 46.3 Å². The van der Waals surface area contributed by atoms with Crippen LogP contribution in [0.4, 0.5) is 0 Å². The van der Waals surface area contributed by atoms with Crippen LogP contribution in [0.15, 0.2) is 102 Å². The predicted octanol–water partition coefficient (Wildman–Crippen LogP) is 5.83. The lowest BCUT2D eigenvalue weighted by molar-refractivity contribution is -0.253. The molecule has 8 nitrogen and oxygen atoms in total. The molecule has 0 bridgehead atoms. The first-order valence-corrected chi connectivity index (χ1v) is 15.9. The first-order valence-electron chi connectivity index (χ1n) is 15.9. The highest BCUT2D eigenvalue weighted by atomic mass is 16.7. The zero-order chi connectivity index (χ0) is 30.8. The molecule has 0 aliphatic carbocycles. The van der Waals surface area contributed by atoms with E-state index in [0.717, 1.165) is 83.3 Å². The fourth-order valence-electron chi connectivity index (χ4n) is 6.92. The number of nitrogens with one attached hydrogen (secondary N) is 1. The predicted molar refractivity (Wildman–Crippen MR) is 175 cm³/mol. The molecule has 0 unspecified atom stereocenters. The first kappa shape index (κ1) is 29.6. The quantitative estimate of drug-likeness (QED) is 0.206. The number of fused-ring (bicyclic) bond motifs is 1. The van der Waals surface area contributed by atoms with Crippen molar-refractivity contribution < 1.29 is 14.6 Å². The summed E-state index contributed by atoms with van der Waals surface area (Å²) in [5, 5.41) is 9.55. The van der Waals surface area contributed by atoms with Crippen molar-refractivity contribution in [3.8, 4) is 11.1 Å². The van der Waals surface area contributed by atoms with Crippen molar-refractivity contribution in [3.05, 3.63) is 130 Å². The van der Waals surface area contributed by atoms with E-state index in [1.807, 2.05) is 65.2 Å². The molecule has 0 radical (unpaired) electrons. The maximum Gasteiger partial charge on any atom is 0.326 e. The summed E-state index contributed by atoms with van der Waals surface area (Å²) in [5.74, 6) is 0. The number of hydrogen-bond donors (Lipinski definition) is 3. The van der Waals surface area contributed by atoms with Crippen LogP contribution < -0.4 is 11.4 Å². The largest absolute Gasteiger partial charge is 0.392 e. The van der Waals surface area contributed by atoms with Gasteiger partial charge < -0.3 is 30.2 Å². The van der Waals surface area contributed by atoms with Gasteiger partial charge >= 0.3 is 5.69 Å². The topological polar surface area (TPSA) is 106 Å². The number of H-pyrrole nitrogens is 1. The molecule has 0 saturated carbocycles. The summed E-state index contributed by atoms with van der Waals surface area (Å²) >= 11 is 0. The van der Waals surface area contributed by atoms with E-state index in [-0.39, 0.29) is 30.5 Å². The van der Waals surface area contributed by atoms with Gasteiger partial charge in [-0.05, 0) is 52.8 Å². The second-order valence-electron chi connectivity index (χ2n) is 12.2. The molecule has 7 rings (SSSR count). The van der Waals surface area contributed by atoms with Crippen LogP contribution in [0.5, 0.6) is 0 Å². The molecular formula is C37H40N4O4. The van der Waals surface area contributed by atoms with Crippen molar-refractivity contribution in [3.63, 3.8) is 0 Å². The lowest BCUT2D eigenvalue weighted by atomic mass is 9.97. The Kier molecular flexibility index (Phi) is 8.65. The Morgan fingerprint density at radius 1 is 0.844 bits per heavy atom. The Hall–Kier alpha value is -4.05. The Labute approximate surface area is 263 Å². The van der Waals surface area contributed by atoms with Gasteiger partial charge in [-0.25, -0.2) is 4.79 Å². The number of aliphatic hydroxyl groups excluding tert-OH is 1. The monoisotopic (exact) mass is 604 g/mol. The van der Waals surface area contributed by atoms with Gasteiger partial charge in [0.1, 0.15) is 0 Å². The SMILES string of the molecule is NCc1ccccc1-c1ccc([C@@H]2O[C@H](CN3CCC(n4c(=O)[nH]c5ccccc54)CC3)C[C@H](c3ccc(CO)cc3)O2)cc1. The number of imidazole rings is 1. The van der Waals surface area contributed by atoms with Gasteiger partial charge in [0.25, 0.3) is 0 Å². The second kappa shape index (κ2) is 13.1. The Bertz CT molecular complexity index is 1790. The number of aromatic amines is 1. The molecular weight excluding hydrogens is 564 g/mol. The number of piperidine rings is 1. The molecule has 3 atom stereocenters. The summed E-state index contributed by atoms with van der Waals surface area (Å²) in [6.45, 7) is 3.09. The minimum atomic E-state index is -0.507. The zero-order valence-electron chi connectivity index (χ0n) is 25.3. The van der Waals surface area contributed by atoms with Gasteiger partial charge in [-0.2, -0.15) is 0 Å². The summed E-state index contributed by atoms with van der Waals surface area (Å²) in [4.78, 5) is 18.3. The number of aromatic nitrogens is 2. The van der Waals surface area contributed by atoms with Crippen molar-refractivity contribution in [2.75, 3.05) is 19.6 Å². The van der Waals surface area contributed by atoms with Crippen molar-refractivity contribution >= 4 is 11.0 Å². The number of aliphatic hydroxyl groups is 1. The lowest BCUT2D eigenvalue weighted by Crippen LogP contribution is -2.43. The summed E-state index contributed by atoms with van der Waals surface area (Å²) in [5.41, 5.74) is 14.1. The highest BCUT2D eigenvalue weighted by Crippen LogP contribution is 2.39. The molecule has 5 aromatic rings. The van der Waals surface area contributed by atoms with Crippen molar-refractivity contribution in [1.82, 2.24) is 14.5 Å². The molecule has 2 aliphatic heterocycles. The Balaban J connectivity index is 1.08. The molecule has 2 saturated heterocycles. The zero-order valence-corrected chi connectivity index (χ0v) is 25.3. The van der Waals surface area contributed by atoms with Crippen LogP contribution in [0.25, 0.3) is 22.2 Å². The van der Waals surface area contributed by atoms with E-state index >= 15 is 0 Å². The summed E-state index contributed by atoms with van der Waals surface area (Å²) in [6.07, 6.45) is 1.88. The standard InChI is InChI=1S/C37H40N4O4/c38-22-29-5-1-2-6-32(29)26-13-15-28(16-14-26)36-44-31(21-35(45-36)27-11-9-25(24-42)10-12-27)23-40-19-17-30(18-20-40)41-34-8-4-3-7-33(34)39-37(41)43/h1-16,30-31,35-36,42H,17-24,38H2,(H,39,43)/t31-,35+,36+/m0/s1. The van der Waals surface area contributed by atoms with Crippen LogP contribution in [0.1, 0.15) is 60.0 Å². The molecule has 1 aromatic heterocycles. The average molecular weight is 605 g/mol. The number of para-hydroxylation sites is 2. The maximum absolute atomic E-state index is 12.8. The number of nitrogens with zero attached hydrogens (tertiary/aromatic N) is 2. The van der Waals surface area contributed by atoms with Crippen LogP contribution in [0.3, 0.4) is 0 Å². The van der Waals surface area contributed by atoms with E-state index in [1.54, 1.807) is 0 Å². The van der Waals surface area contributed by atoms with Crippen LogP contribution >= 0.6 is 0 Å². The highest BCUT2D eigenvalue weighted by Gasteiger charge is 2.34. The molecule has 4 aromatic carbocycles. The highest BCUT2D eigenvalue weighted by molar-refractivity contribution is 5.75. The van der Waals surface area contributed by atoms with Crippen LogP contribution in [0.2, 0.25) is 0 Å². The van der Waals surface area contributed by atoms with Gasteiger partial charge in [0.2, 0.25) is 0 Å². The molecule has 0 amide bonds. The minimum Gasteiger partial charge on any atom is -0.392 e. The number of rotatable bonds is 8. The smallest absolute Gasteiger partial charge is 0.326 e. The van der Waals surface area contributed by atoms with E-state index in [1.165, 1.54) is 0 Å². The Morgan fingerprint density at radius 2 is 1.56 bits per heavy atom. The third kappa shape index (κ3) is 6.25. The second-order valence-corrected chi connectivity index (χ2v) is 12.2. The molecule has 232 valence electrons. The third-order valence-electron chi connectivity index (χ3n) is 9.35. The Morgan fingerprint density at radius 3 is 2.31 bits per heavy atom. The van der Waals surface area contributed by atoms with E-state index in [9.17, 15) is 9.90 Å². The number of nitrogens with two attached hydrogens (primary N) is 1. The van der Waals surface area contributed by atoms with Crippen molar-refractivity contribution in [1.29, 1.82) is 0 Å². The summed E-state index contributed by atoms with van der Waals surface area (Å²) < 4.78 is 15.2. The summed E-state index contributed by atoms with van der Waals surface area (Å²) in [7, 11) is 0. The summed E-state index contributed by atoms with van der Waals surface area (Å²) in [6, 6.07) is 32.7. The minimum absolute atomic E-state index is 0.0143. The normalized spacial score (nSPS) is 21.3. The molecule has 4 N–H and O–H groups in total. The van der Waals surface area contributed by atoms with Crippen molar-refractivity contribution in [2.45, 2.75) is 57.0 Å². The molecule has 3 heterocycles. The van der Waals surface area contributed by atoms with E-state index < -0.39 is 6.29 Å². The number of hydrogen-bond acceptors (Lipinski definition) is 6. The van der Waals surface area contributed by atoms with Gasteiger partial charge in [-0.3, -0.25) is 4.57 Å². The third-order valence-corrected chi connectivity index (χ3v) is 9.35. The van der Waals surface area contributed by atoms with Gasteiger partial charge in [-0.1, -0.05) is 84.9 Å². The number of ether oxygens (including phenoxy) is 2. The first-order chi connectivity index (χ1) is 22.1. The van der Waals surface area contributed by atoms with Gasteiger partial charge in [0.15, 0.2) is 6.29 Å². The van der Waals surface area contributed by atoms with Gasteiger partial charge in [-0.15, -0.1) is 0 Å². The van der Waals surface area contributed by atoms with Gasteiger partial charge in [0, 0.05) is 44.2 Å². The average Bonchev–Trinajstić information content (AvgIpc) is 3.44. The fourth-order valence-corrected chi connectivity index (χ4v) is 6.92. The molecule has 45 heavy (non-hydrogen) atoms. The van der Waals surface area contributed by atoms with Gasteiger partial charge in [0.05, 0.1) is 29.8 Å². The lowest BCUT2D eigenvalue weighted by Gasteiger charge is -2.40.